The predicted molar refractivity (Wildman–Crippen MR) is 51.8 cm³/mol. The summed E-state index contributed by atoms with van der Waals surface area (Å²) in [5.41, 5.74) is 0.939. The van der Waals surface area contributed by atoms with E-state index in [9.17, 15) is 4.79 Å². The van der Waals surface area contributed by atoms with E-state index in [0.717, 1.165) is 16.8 Å². The van der Waals surface area contributed by atoms with Crippen LogP contribution in [-0.4, -0.2) is 16.2 Å². The maximum Gasteiger partial charge on any atom is 0.330 e. The minimum absolute atomic E-state index is 0.268. The fraction of sp³-hybridized carbons (Fsp3) is 0.100. The highest BCUT2D eigenvalue weighted by Crippen LogP contribution is 1.97. The van der Waals surface area contributed by atoms with E-state index in [0.29, 0.717) is 0 Å². The van der Waals surface area contributed by atoms with E-state index in [4.69, 9.17) is 4.74 Å². The van der Waals surface area contributed by atoms with E-state index < -0.39 is 5.97 Å². The Labute approximate surface area is 80.6 Å². The van der Waals surface area contributed by atoms with Gasteiger partial charge in [0.1, 0.15) is 6.61 Å². The second-order valence-electron chi connectivity index (χ2n) is 2.47. The number of benzene rings is 1. The summed E-state index contributed by atoms with van der Waals surface area (Å²) >= 11 is 0. The van der Waals surface area contributed by atoms with Gasteiger partial charge in [-0.05, 0) is 5.56 Å². The highest BCUT2D eigenvalue weighted by Gasteiger charge is 1.99. The van der Waals surface area contributed by atoms with Crippen LogP contribution in [0.3, 0.4) is 0 Å². The number of hydrogen-bond acceptors (Lipinski definition) is 2. The van der Waals surface area contributed by atoms with Gasteiger partial charge in [-0.1, -0.05) is 36.0 Å². The van der Waals surface area contributed by atoms with Gasteiger partial charge in [-0.2, -0.15) is 0 Å². The largest absolute Gasteiger partial charge is 0.458 e. The highest BCUT2D eigenvalue weighted by atomic mass is 28.1. The van der Waals surface area contributed by atoms with Crippen molar-refractivity contribution < 1.29 is 9.53 Å². The van der Waals surface area contributed by atoms with Crippen molar-refractivity contribution >= 4 is 21.4 Å². The van der Waals surface area contributed by atoms with Gasteiger partial charge in [0.2, 0.25) is 0 Å². The van der Waals surface area contributed by atoms with Gasteiger partial charge in [-0.15, -0.1) is 0 Å². The zero-order chi connectivity index (χ0) is 9.68. The van der Waals surface area contributed by atoms with Crippen LogP contribution in [0.25, 0.3) is 0 Å². The molecule has 0 unspecified atom stereocenters. The van der Waals surface area contributed by atoms with E-state index in [1.807, 2.05) is 24.3 Å². The Kier molecular flexibility index (Phi) is 3.46. The maximum atomic E-state index is 10.7. The number of rotatable bonds is 3. The first-order valence-electron chi connectivity index (χ1n) is 3.82. The fourth-order valence-electron chi connectivity index (χ4n) is 0.854. The molecule has 2 nitrogen and oxygen atoms in total. The molecule has 0 saturated heterocycles. The van der Waals surface area contributed by atoms with Crippen LogP contribution in [0.15, 0.2) is 36.9 Å². The molecule has 1 aromatic rings. The van der Waals surface area contributed by atoms with Crippen molar-refractivity contribution in [3.63, 3.8) is 0 Å². The van der Waals surface area contributed by atoms with Crippen molar-refractivity contribution in [2.75, 3.05) is 0 Å². The summed E-state index contributed by atoms with van der Waals surface area (Å²) in [6.45, 7) is 3.58. The van der Waals surface area contributed by atoms with Crippen LogP contribution >= 0.6 is 0 Å². The average molecular weight is 189 g/mol. The molecule has 1 aromatic carbocycles. The van der Waals surface area contributed by atoms with Crippen molar-refractivity contribution in [2.45, 2.75) is 6.61 Å². The standard InChI is InChI=1S/C10H9O2Si/c1-2-10(11)12-7-8-5-3-4-6-9(8)13/h2-6H,1,7H2. The molecule has 0 aromatic heterocycles. The first-order chi connectivity index (χ1) is 6.24. The number of carbonyl (C=O) groups is 1. The lowest BCUT2D eigenvalue weighted by Gasteiger charge is -2.04. The van der Waals surface area contributed by atoms with Crippen molar-refractivity contribution in [3.05, 3.63) is 42.5 Å². The SMILES string of the molecule is C=CC(=O)OCc1ccccc1[Si]. The normalized spacial score (nSPS) is 9.31. The van der Waals surface area contributed by atoms with Crippen molar-refractivity contribution in [3.8, 4) is 0 Å². The van der Waals surface area contributed by atoms with E-state index in [1.54, 1.807) is 0 Å². The zero-order valence-electron chi connectivity index (χ0n) is 7.12. The third-order valence-corrected chi connectivity index (χ3v) is 2.04. The van der Waals surface area contributed by atoms with Crippen LogP contribution in [0.1, 0.15) is 5.56 Å². The molecule has 0 bridgehead atoms. The lowest BCUT2D eigenvalue weighted by molar-refractivity contribution is -0.138. The molecule has 0 aliphatic carbocycles. The smallest absolute Gasteiger partial charge is 0.330 e. The molecule has 0 saturated carbocycles. The van der Waals surface area contributed by atoms with Gasteiger partial charge in [0, 0.05) is 6.08 Å². The summed E-state index contributed by atoms with van der Waals surface area (Å²) in [6, 6.07) is 7.58. The summed E-state index contributed by atoms with van der Waals surface area (Å²) in [4.78, 5) is 10.7. The van der Waals surface area contributed by atoms with Gasteiger partial charge in [0.25, 0.3) is 0 Å². The topological polar surface area (TPSA) is 26.3 Å². The molecule has 65 valence electrons. The van der Waals surface area contributed by atoms with Gasteiger partial charge in [0.15, 0.2) is 0 Å². The van der Waals surface area contributed by atoms with E-state index >= 15 is 0 Å². The van der Waals surface area contributed by atoms with Gasteiger partial charge in [-0.3, -0.25) is 0 Å². The fourth-order valence-corrected chi connectivity index (χ4v) is 1.11. The molecule has 0 atom stereocenters. The third-order valence-electron chi connectivity index (χ3n) is 1.55. The summed E-state index contributed by atoms with van der Waals surface area (Å²) in [5.74, 6) is -0.407. The van der Waals surface area contributed by atoms with Gasteiger partial charge < -0.3 is 4.74 Å². The minimum atomic E-state index is -0.407. The van der Waals surface area contributed by atoms with Crippen LogP contribution in [0.5, 0.6) is 0 Å². The quantitative estimate of drug-likeness (QED) is 0.398. The number of ether oxygens (including phenoxy) is 1. The summed E-state index contributed by atoms with van der Waals surface area (Å²) in [5, 5.41) is 0.930. The first-order valence-corrected chi connectivity index (χ1v) is 4.32. The lowest BCUT2D eigenvalue weighted by atomic mass is 10.2. The zero-order valence-corrected chi connectivity index (χ0v) is 8.12. The molecular weight excluding hydrogens is 180 g/mol. The molecule has 0 aliphatic rings. The Balaban J connectivity index is 2.59. The molecule has 3 heteroatoms. The van der Waals surface area contributed by atoms with E-state index in [2.05, 4.69) is 16.8 Å². The number of esters is 1. The van der Waals surface area contributed by atoms with Gasteiger partial charge >= 0.3 is 5.97 Å². The molecule has 0 fully saturated rings. The Morgan fingerprint density at radius 2 is 2.23 bits per heavy atom. The Morgan fingerprint density at radius 1 is 1.54 bits per heavy atom. The highest BCUT2D eigenvalue weighted by molar-refractivity contribution is 6.33. The van der Waals surface area contributed by atoms with Crippen LogP contribution < -0.4 is 5.19 Å². The van der Waals surface area contributed by atoms with Gasteiger partial charge in [-0.25, -0.2) is 4.79 Å². The molecule has 1 rings (SSSR count). The second kappa shape index (κ2) is 4.62. The molecule has 0 N–H and O–H groups in total. The minimum Gasteiger partial charge on any atom is -0.458 e. The molecule has 0 amide bonds. The number of carbonyl (C=O) groups excluding carboxylic acids is 1. The number of hydrogen-bond donors (Lipinski definition) is 0. The second-order valence-corrected chi connectivity index (χ2v) is 3.01. The van der Waals surface area contributed by atoms with Crippen LogP contribution in [0.4, 0.5) is 0 Å². The summed E-state index contributed by atoms with van der Waals surface area (Å²) in [6.07, 6.45) is 1.15. The summed E-state index contributed by atoms with van der Waals surface area (Å²) < 4.78 is 4.87. The molecular formula is C10H9O2Si. The van der Waals surface area contributed by atoms with Gasteiger partial charge in [0.05, 0.1) is 10.2 Å². The Morgan fingerprint density at radius 3 is 2.85 bits per heavy atom. The molecule has 0 spiro atoms. The lowest BCUT2D eigenvalue weighted by Crippen LogP contribution is -2.12. The average Bonchev–Trinajstić information content (AvgIpc) is 2.16. The van der Waals surface area contributed by atoms with Crippen molar-refractivity contribution in [1.29, 1.82) is 0 Å². The monoisotopic (exact) mass is 189 g/mol. The summed E-state index contributed by atoms with van der Waals surface area (Å²) in [7, 11) is 3.40. The molecule has 0 heterocycles. The maximum absolute atomic E-state index is 10.7. The van der Waals surface area contributed by atoms with Crippen LogP contribution in [0.2, 0.25) is 0 Å². The van der Waals surface area contributed by atoms with Crippen molar-refractivity contribution in [1.82, 2.24) is 0 Å². The third kappa shape index (κ3) is 2.87. The first kappa shape index (κ1) is 9.73. The molecule has 13 heavy (non-hydrogen) atoms. The predicted octanol–water partition coefficient (Wildman–Crippen LogP) is 0.710. The Hall–Kier alpha value is -1.35. The Bertz CT molecular complexity index is 320. The molecule has 0 aliphatic heterocycles. The van der Waals surface area contributed by atoms with E-state index in [-0.39, 0.29) is 6.61 Å². The van der Waals surface area contributed by atoms with Crippen molar-refractivity contribution in [2.24, 2.45) is 0 Å². The van der Waals surface area contributed by atoms with Crippen LogP contribution in [-0.2, 0) is 16.1 Å². The molecule has 3 radical (unpaired) electrons. The van der Waals surface area contributed by atoms with E-state index in [1.165, 1.54) is 0 Å². The van der Waals surface area contributed by atoms with Crippen LogP contribution in [0, 0.1) is 0 Å².